The summed E-state index contributed by atoms with van der Waals surface area (Å²) in [5, 5.41) is 11.4. The van der Waals surface area contributed by atoms with Crippen molar-refractivity contribution >= 4 is 17.4 Å². The zero-order chi connectivity index (χ0) is 26.4. The summed E-state index contributed by atoms with van der Waals surface area (Å²) < 4.78 is 5.60. The van der Waals surface area contributed by atoms with E-state index in [1.807, 2.05) is 31.2 Å². The Balaban J connectivity index is 2.09. The lowest BCUT2D eigenvalue weighted by atomic mass is 9.92. The van der Waals surface area contributed by atoms with Gasteiger partial charge in [-0.05, 0) is 60.8 Å². The van der Waals surface area contributed by atoms with E-state index >= 15 is 0 Å². The first kappa shape index (κ1) is 27.2. The van der Waals surface area contributed by atoms with Crippen LogP contribution in [0.3, 0.4) is 0 Å². The van der Waals surface area contributed by atoms with Crippen LogP contribution >= 0.6 is 0 Å². The van der Waals surface area contributed by atoms with Crippen LogP contribution in [0.2, 0.25) is 0 Å². The molecule has 0 aliphatic carbocycles. The monoisotopic (exact) mass is 490 g/mol. The summed E-state index contributed by atoms with van der Waals surface area (Å²) in [4.78, 5) is 30.4. The number of aliphatic hydroxyl groups excluding tert-OH is 1. The maximum Gasteiger partial charge on any atom is 0.295 e. The third kappa shape index (κ3) is 5.71. The van der Waals surface area contributed by atoms with Crippen molar-refractivity contribution in [1.29, 1.82) is 0 Å². The van der Waals surface area contributed by atoms with Crippen molar-refractivity contribution in [3.8, 4) is 5.75 Å². The first-order chi connectivity index (χ1) is 17.2. The number of rotatable bonds is 11. The normalized spacial score (nSPS) is 17.3. The molecule has 36 heavy (non-hydrogen) atoms. The highest BCUT2D eigenvalue weighted by Crippen LogP contribution is 2.40. The summed E-state index contributed by atoms with van der Waals surface area (Å²) in [7, 11) is 0. The standard InChI is InChI=1S/C30H38N2O4/c1-7-18-36-24-14-15-25(21(6)19-24)28(33)26-27(23-12-10-22(11-13-23)20(4)5)32(30(35)29(26)34)17-16-31(8-2)9-3/h7,10-15,19-20,27,33H,1,8-9,16-18H2,2-6H3/t27-/m1/s1. The molecule has 1 N–H and O–H groups in total. The Labute approximate surface area is 214 Å². The van der Waals surface area contributed by atoms with Crippen molar-refractivity contribution < 1.29 is 19.4 Å². The van der Waals surface area contributed by atoms with Crippen LogP contribution in [0, 0.1) is 6.92 Å². The van der Waals surface area contributed by atoms with Crippen LogP contribution in [0.25, 0.3) is 5.76 Å². The van der Waals surface area contributed by atoms with E-state index in [9.17, 15) is 14.7 Å². The van der Waals surface area contributed by atoms with Crippen molar-refractivity contribution in [2.24, 2.45) is 0 Å². The average Bonchev–Trinajstić information content (AvgIpc) is 3.12. The SMILES string of the molecule is C=CCOc1ccc(C(O)=C2C(=O)C(=O)N(CCN(CC)CC)[C@@H]2c2ccc(C(C)C)cc2)c(C)c1. The third-order valence-corrected chi connectivity index (χ3v) is 6.83. The Bertz CT molecular complexity index is 1130. The summed E-state index contributed by atoms with van der Waals surface area (Å²) in [6.45, 7) is 17.0. The lowest BCUT2D eigenvalue weighted by Gasteiger charge is -2.28. The van der Waals surface area contributed by atoms with Gasteiger partial charge in [-0.3, -0.25) is 9.59 Å². The number of carbonyl (C=O) groups excluding carboxylic acids is 2. The van der Waals surface area contributed by atoms with Gasteiger partial charge < -0.3 is 19.6 Å². The summed E-state index contributed by atoms with van der Waals surface area (Å²) >= 11 is 0. The highest BCUT2D eigenvalue weighted by molar-refractivity contribution is 6.46. The summed E-state index contributed by atoms with van der Waals surface area (Å²) in [6, 6.07) is 12.6. The zero-order valence-electron chi connectivity index (χ0n) is 22.1. The molecule has 3 rings (SSSR count). The molecule has 0 spiro atoms. The second-order valence-corrected chi connectivity index (χ2v) is 9.42. The number of ether oxygens (including phenoxy) is 1. The van der Waals surface area contributed by atoms with Crippen molar-refractivity contribution in [3.63, 3.8) is 0 Å². The minimum Gasteiger partial charge on any atom is -0.507 e. The average molecular weight is 491 g/mol. The fourth-order valence-corrected chi connectivity index (χ4v) is 4.60. The molecular weight excluding hydrogens is 452 g/mol. The fraction of sp³-hybridized carbons (Fsp3) is 0.400. The number of aliphatic hydroxyl groups is 1. The molecule has 192 valence electrons. The summed E-state index contributed by atoms with van der Waals surface area (Å²) in [6.07, 6.45) is 1.66. The summed E-state index contributed by atoms with van der Waals surface area (Å²) in [5.74, 6) is -0.395. The van der Waals surface area contributed by atoms with E-state index < -0.39 is 17.7 Å². The molecule has 6 nitrogen and oxygen atoms in total. The number of amides is 1. The Kier molecular flexibility index (Phi) is 9.10. The van der Waals surface area contributed by atoms with Gasteiger partial charge in [0.2, 0.25) is 0 Å². The van der Waals surface area contributed by atoms with E-state index in [2.05, 4.69) is 39.2 Å². The van der Waals surface area contributed by atoms with Gasteiger partial charge in [0.05, 0.1) is 11.6 Å². The minimum atomic E-state index is -0.656. The molecule has 2 aromatic carbocycles. The Morgan fingerprint density at radius 1 is 1.14 bits per heavy atom. The molecule has 1 amide bonds. The molecule has 0 aromatic heterocycles. The van der Waals surface area contributed by atoms with Crippen LogP contribution in [0.1, 0.15) is 61.9 Å². The quantitative estimate of drug-likeness (QED) is 0.196. The van der Waals surface area contributed by atoms with E-state index in [-0.39, 0.29) is 11.3 Å². The van der Waals surface area contributed by atoms with Crippen LogP contribution < -0.4 is 4.74 Å². The number of likely N-dealkylation sites (N-methyl/N-ethyl adjacent to an activating group) is 1. The van der Waals surface area contributed by atoms with E-state index in [0.717, 1.165) is 24.2 Å². The van der Waals surface area contributed by atoms with Crippen molar-refractivity contribution in [1.82, 2.24) is 9.80 Å². The predicted molar refractivity (Wildman–Crippen MR) is 144 cm³/mol. The minimum absolute atomic E-state index is 0.125. The van der Waals surface area contributed by atoms with Gasteiger partial charge in [0.25, 0.3) is 11.7 Å². The highest BCUT2D eigenvalue weighted by atomic mass is 16.5. The number of aryl methyl sites for hydroxylation is 1. The van der Waals surface area contributed by atoms with Crippen LogP contribution in [-0.2, 0) is 9.59 Å². The van der Waals surface area contributed by atoms with Gasteiger partial charge in [0.1, 0.15) is 18.1 Å². The molecule has 1 heterocycles. The molecule has 0 unspecified atom stereocenters. The third-order valence-electron chi connectivity index (χ3n) is 6.83. The maximum absolute atomic E-state index is 13.3. The van der Waals surface area contributed by atoms with E-state index in [1.54, 1.807) is 29.2 Å². The number of Topliss-reactive ketones (excluding diaryl/α,β-unsaturated/α-hetero) is 1. The van der Waals surface area contributed by atoms with Gasteiger partial charge in [0.15, 0.2) is 0 Å². The van der Waals surface area contributed by atoms with Crippen LogP contribution in [-0.4, -0.2) is 59.4 Å². The number of carbonyl (C=O) groups is 2. The van der Waals surface area contributed by atoms with E-state index in [1.165, 1.54) is 5.56 Å². The van der Waals surface area contributed by atoms with E-state index in [4.69, 9.17) is 4.74 Å². The number of hydrogen-bond acceptors (Lipinski definition) is 5. The predicted octanol–water partition coefficient (Wildman–Crippen LogP) is 5.45. The first-order valence-electron chi connectivity index (χ1n) is 12.7. The Morgan fingerprint density at radius 3 is 2.36 bits per heavy atom. The number of benzene rings is 2. The number of ketones is 1. The lowest BCUT2D eigenvalue weighted by Crippen LogP contribution is -2.38. The molecule has 0 radical (unpaired) electrons. The largest absolute Gasteiger partial charge is 0.507 e. The van der Waals surface area contributed by atoms with Gasteiger partial charge in [-0.1, -0.05) is 64.6 Å². The highest BCUT2D eigenvalue weighted by Gasteiger charge is 2.46. The Hall–Kier alpha value is -3.38. The van der Waals surface area contributed by atoms with E-state index in [0.29, 0.717) is 36.9 Å². The van der Waals surface area contributed by atoms with Gasteiger partial charge in [-0.25, -0.2) is 0 Å². The number of likely N-dealkylation sites (tertiary alicyclic amines) is 1. The second kappa shape index (κ2) is 12.0. The smallest absolute Gasteiger partial charge is 0.295 e. The molecule has 1 aliphatic rings. The molecule has 1 aliphatic heterocycles. The van der Waals surface area contributed by atoms with Gasteiger partial charge >= 0.3 is 0 Å². The molecule has 0 saturated carbocycles. The second-order valence-electron chi connectivity index (χ2n) is 9.42. The van der Waals surface area contributed by atoms with Gasteiger partial charge in [-0.2, -0.15) is 0 Å². The van der Waals surface area contributed by atoms with Gasteiger partial charge in [0, 0.05) is 18.7 Å². The lowest BCUT2D eigenvalue weighted by molar-refractivity contribution is -0.140. The zero-order valence-corrected chi connectivity index (χ0v) is 22.1. The molecule has 1 atom stereocenters. The topological polar surface area (TPSA) is 70.1 Å². The van der Waals surface area contributed by atoms with Crippen LogP contribution in [0.4, 0.5) is 0 Å². The van der Waals surface area contributed by atoms with Crippen molar-refractivity contribution in [2.75, 3.05) is 32.8 Å². The van der Waals surface area contributed by atoms with Crippen LogP contribution in [0.5, 0.6) is 5.75 Å². The molecule has 1 saturated heterocycles. The van der Waals surface area contributed by atoms with Crippen LogP contribution in [0.15, 0.2) is 60.7 Å². The van der Waals surface area contributed by atoms with Crippen molar-refractivity contribution in [2.45, 2.75) is 46.6 Å². The first-order valence-corrected chi connectivity index (χ1v) is 12.7. The molecule has 2 aromatic rings. The van der Waals surface area contributed by atoms with Crippen molar-refractivity contribution in [3.05, 3.63) is 82.9 Å². The number of hydrogen-bond donors (Lipinski definition) is 1. The maximum atomic E-state index is 13.3. The fourth-order valence-electron chi connectivity index (χ4n) is 4.60. The Morgan fingerprint density at radius 2 is 1.81 bits per heavy atom. The van der Waals surface area contributed by atoms with Gasteiger partial charge in [-0.15, -0.1) is 0 Å². The molecule has 1 fully saturated rings. The summed E-state index contributed by atoms with van der Waals surface area (Å²) in [5.41, 5.74) is 3.36. The molecule has 0 bridgehead atoms. The number of nitrogens with zero attached hydrogens (tertiary/aromatic N) is 2. The molecule has 6 heteroatoms. The molecular formula is C30H38N2O4.